The molecule has 2 unspecified atom stereocenters. The van der Waals surface area contributed by atoms with Gasteiger partial charge in [-0.2, -0.15) is 11.8 Å². The molecule has 0 spiro atoms. The Hall–Kier alpha value is -1.25. The van der Waals surface area contributed by atoms with Crippen LogP contribution in [-0.2, 0) is 5.75 Å². The summed E-state index contributed by atoms with van der Waals surface area (Å²) in [5, 5.41) is 4.17. The normalized spacial score (nSPS) is 13.9. The first-order chi connectivity index (χ1) is 10.2. The second-order valence-corrected chi connectivity index (χ2v) is 6.81. The summed E-state index contributed by atoms with van der Waals surface area (Å²) in [6, 6.07) is 20.0. The Bertz CT molecular complexity index is 521. The Kier molecular flexibility index (Phi) is 6.34. The molecular weight excluding hydrogens is 274 g/mol. The van der Waals surface area contributed by atoms with Crippen molar-refractivity contribution in [3.63, 3.8) is 0 Å². The lowest BCUT2D eigenvalue weighted by atomic mass is 10.0. The van der Waals surface area contributed by atoms with Crippen LogP contribution < -0.4 is 5.32 Å². The Morgan fingerprint density at radius 2 is 1.67 bits per heavy atom. The van der Waals surface area contributed by atoms with E-state index in [0.717, 1.165) is 12.3 Å². The topological polar surface area (TPSA) is 12.0 Å². The van der Waals surface area contributed by atoms with Crippen LogP contribution in [0.25, 0.3) is 0 Å². The lowest BCUT2D eigenvalue weighted by molar-refractivity contribution is 0.548. The molecule has 0 bridgehead atoms. The van der Waals surface area contributed by atoms with Crippen molar-refractivity contribution in [1.29, 1.82) is 0 Å². The average molecular weight is 299 g/mol. The molecule has 0 amide bonds. The maximum atomic E-state index is 3.63. The van der Waals surface area contributed by atoms with Crippen LogP contribution in [-0.4, -0.2) is 11.8 Å². The fourth-order valence-corrected chi connectivity index (χ4v) is 3.54. The molecule has 21 heavy (non-hydrogen) atoms. The van der Waals surface area contributed by atoms with E-state index in [1.807, 2.05) is 11.8 Å². The largest absolute Gasteiger partial charge is 0.309 e. The van der Waals surface area contributed by atoms with Crippen molar-refractivity contribution in [3.05, 3.63) is 71.3 Å². The van der Waals surface area contributed by atoms with E-state index < -0.39 is 0 Å². The minimum atomic E-state index is 0.407. The zero-order valence-electron chi connectivity index (χ0n) is 13.2. The van der Waals surface area contributed by atoms with E-state index in [4.69, 9.17) is 0 Å². The molecule has 2 aromatic carbocycles. The standard InChI is InChI=1S/C19H25NS/c1-4-20-19(18-12-10-15(2)11-13-18)16(3)21-14-17-8-6-5-7-9-17/h5-13,16,19-20H,4,14H2,1-3H3. The van der Waals surface area contributed by atoms with Crippen LogP contribution in [0.3, 0.4) is 0 Å². The lowest BCUT2D eigenvalue weighted by Crippen LogP contribution is -2.28. The van der Waals surface area contributed by atoms with E-state index in [-0.39, 0.29) is 0 Å². The van der Waals surface area contributed by atoms with Gasteiger partial charge in [0.2, 0.25) is 0 Å². The highest BCUT2D eigenvalue weighted by Gasteiger charge is 2.18. The molecule has 0 radical (unpaired) electrons. The van der Waals surface area contributed by atoms with Crippen LogP contribution in [0.15, 0.2) is 54.6 Å². The van der Waals surface area contributed by atoms with Gasteiger partial charge in [0.1, 0.15) is 0 Å². The SMILES string of the molecule is CCNC(c1ccc(C)cc1)C(C)SCc1ccccc1. The van der Waals surface area contributed by atoms with Crippen LogP contribution in [0.1, 0.15) is 36.6 Å². The Morgan fingerprint density at radius 3 is 2.29 bits per heavy atom. The predicted octanol–water partition coefficient (Wildman–Crippen LogP) is 4.97. The molecule has 0 aromatic heterocycles. The van der Waals surface area contributed by atoms with E-state index in [1.54, 1.807) is 0 Å². The number of aryl methyl sites for hydroxylation is 1. The molecular formula is C19H25NS. The molecule has 2 aromatic rings. The molecule has 1 N–H and O–H groups in total. The number of hydrogen-bond acceptors (Lipinski definition) is 2. The van der Waals surface area contributed by atoms with Gasteiger partial charge in [0.05, 0.1) is 0 Å². The first kappa shape index (κ1) is 16.1. The highest BCUT2D eigenvalue weighted by atomic mass is 32.2. The zero-order valence-corrected chi connectivity index (χ0v) is 14.0. The van der Waals surface area contributed by atoms with Gasteiger partial charge in [-0.1, -0.05) is 74.0 Å². The third-order valence-corrected chi connectivity index (χ3v) is 4.98. The van der Waals surface area contributed by atoms with Crippen molar-refractivity contribution < 1.29 is 0 Å². The zero-order chi connectivity index (χ0) is 15.1. The molecule has 2 heteroatoms. The molecule has 1 nitrogen and oxygen atoms in total. The number of nitrogens with one attached hydrogen (secondary N) is 1. The predicted molar refractivity (Wildman–Crippen MR) is 94.8 cm³/mol. The van der Waals surface area contributed by atoms with Gasteiger partial charge in [0, 0.05) is 17.0 Å². The summed E-state index contributed by atoms with van der Waals surface area (Å²) in [6.07, 6.45) is 0. The summed E-state index contributed by atoms with van der Waals surface area (Å²) in [7, 11) is 0. The average Bonchev–Trinajstić information content (AvgIpc) is 2.52. The van der Waals surface area contributed by atoms with Crippen LogP contribution in [0, 0.1) is 6.92 Å². The van der Waals surface area contributed by atoms with E-state index in [9.17, 15) is 0 Å². The molecule has 0 aliphatic carbocycles. The summed E-state index contributed by atoms with van der Waals surface area (Å²) in [5.41, 5.74) is 4.10. The third-order valence-electron chi connectivity index (χ3n) is 3.69. The molecule has 0 aliphatic heterocycles. The van der Waals surface area contributed by atoms with Crippen molar-refractivity contribution in [2.45, 2.75) is 37.8 Å². The van der Waals surface area contributed by atoms with Gasteiger partial charge >= 0.3 is 0 Å². The molecule has 2 rings (SSSR count). The van der Waals surface area contributed by atoms with Crippen LogP contribution in [0.5, 0.6) is 0 Å². The first-order valence-electron chi connectivity index (χ1n) is 7.66. The number of benzene rings is 2. The molecule has 0 heterocycles. The van der Waals surface area contributed by atoms with Crippen LogP contribution >= 0.6 is 11.8 Å². The highest BCUT2D eigenvalue weighted by molar-refractivity contribution is 7.99. The Morgan fingerprint density at radius 1 is 1.00 bits per heavy atom. The summed E-state index contributed by atoms with van der Waals surface area (Å²) >= 11 is 2.01. The van der Waals surface area contributed by atoms with Gasteiger partial charge in [-0.05, 0) is 24.6 Å². The van der Waals surface area contributed by atoms with E-state index in [1.165, 1.54) is 16.7 Å². The van der Waals surface area contributed by atoms with Crippen LogP contribution in [0.4, 0.5) is 0 Å². The Labute approximate surface area is 133 Å². The van der Waals surface area contributed by atoms with Gasteiger partial charge in [-0.3, -0.25) is 0 Å². The molecule has 112 valence electrons. The van der Waals surface area contributed by atoms with E-state index >= 15 is 0 Å². The fourth-order valence-electron chi connectivity index (χ4n) is 2.45. The fraction of sp³-hybridized carbons (Fsp3) is 0.368. The minimum Gasteiger partial charge on any atom is -0.309 e. The van der Waals surface area contributed by atoms with E-state index in [2.05, 4.69) is 80.7 Å². The lowest BCUT2D eigenvalue weighted by Gasteiger charge is -2.25. The maximum absolute atomic E-state index is 3.63. The van der Waals surface area contributed by atoms with Gasteiger partial charge in [0.15, 0.2) is 0 Å². The number of thioether (sulfide) groups is 1. The van der Waals surface area contributed by atoms with Gasteiger partial charge in [-0.15, -0.1) is 0 Å². The second-order valence-electron chi connectivity index (χ2n) is 5.45. The smallest absolute Gasteiger partial charge is 0.0437 e. The van der Waals surface area contributed by atoms with E-state index in [0.29, 0.717) is 11.3 Å². The van der Waals surface area contributed by atoms with Crippen molar-refractivity contribution in [1.82, 2.24) is 5.32 Å². The number of hydrogen-bond donors (Lipinski definition) is 1. The summed E-state index contributed by atoms with van der Waals surface area (Å²) in [5.74, 6) is 1.07. The third kappa shape index (κ3) is 4.90. The van der Waals surface area contributed by atoms with Crippen molar-refractivity contribution in [2.75, 3.05) is 6.54 Å². The van der Waals surface area contributed by atoms with Crippen LogP contribution in [0.2, 0.25) is 0 Å². The molecule has 0 aliphatic rings. The highest BCUT2D eigenvalue weighted by Crippen LogP contribution is 2.29. The van der Waals surface area contributed by atoms with Gasteiger partial charge < -0.3 is 5.32 Å². The number of rotatable bonds is 7. The summed E-state index contributed by atoms with van der Waals surface area (Å²) in [6.45, 7) is 7.63. The second kappa shape index (κ2) is 8.26. The first-order valence-corrected chi connectivity index (χ1v) is 8.71. The van der Waals surface area contributed by atoms with Gasteiger partial charge in [0.25, 0.3) is 0 Å². The van der Waals surface area contributed by atoms with Crippen molar-refractivity contribution in [3.8, 4) is 0 Å². The molecule has 0 fully saturated rings. The quantitative estimate of drug-likeness (QED) is 0.775. The monoisotopic (exact) mass is 299 g/mol. The minimum absolute atomic E-state index is 0.407. The summed E-state index contributed by atoms with van der Waals surface area (Å²) < 4.78 is 0. The molecule has 0 saturated carbocycles. The molecule has 0 saturated heterocycles. The van der Waals surface area contributed by atoms with Crippen molar-refractivity contribution in [2.24, 2.45) is 0 Å². The Balaban J connectivity index is 2.01. The maximum Gasteiger partial charge on any atom is 0.0437 e. The van der Waals surface area contributed by atoms with Crippen molar-refractivity contribution >= 4 is 11.8 Å². The van der Waals surface area contributed by atoms with Gasteiger partial charge in [-0.25, -0.2) is 0 Å². The molecule has 2 atom stereocenters. The summed E-state index contributed by atoms with van der Waals surface area (Å²) in [4.78, 5) is 0.